The summed E-state index contributed by atoms with van der Waals surface area (Å²) in [5.74, 6) is 2.72. The van der Waals surface area contributed by atoms with E-state index in [4.69, 9.17) is 0 Å². The molecular formula is C14H27N. The number of nitrogens with one attached hydrogen (secondary N) is 1. The Hall–Kier alpha value is -0.0400. The van der Waals surface area contributed by atoms with Gasteiger partial charge in [0.05, 0.1) is 0 Å². The van der Waals surface area contributed by atoms with E-state index in [0.717, 1.165) is 17.8 Å². The van der Waals surface area contributed by atoms with Gasteiger partial charge in [-0.2, -0.15) is 0 Å². The van der Waals surface area contributed by atoms with Crippen molar-refractivity contribution < 1.29 is 0 Å². The molecule has 1 N–H and O–H groups in total. The summed E-state index contributed by atoms with van der Waals surface area (Å²) in [7, 11) is 0. The van der Waals surface area contributed by atoms with Crippen molar-refractivity contribution in [2.75, 3.05) is 13.1 Å². The standard InChI is InChI=1S/C14H27N/c1-11(2)13-10-15-9-8-14(13)7-5-4-6-12(14)3/h11-13,15H,4-10H2,1-3H3. The van der Waals surface area contributed by atoms with Crippen molar-refractivity contribution in [3.8, 4) is 0 Å². The lowest BCUT2D eigenvalue weighted by Crippen LogP contribution is -2.51. The number of hydrogen-bond donors (Lipinski definition) is 1. The fraction of sp³-hybridized carbons (Fsp3) is 1.00. The lowest BCUT2D eigenvalue weighted by Gasteiger charge is -2.53. The van der Waals surface area contributed by atoms with Gasteiger partial charge in [-0.3, -0.25) is 0 Å². The first kappa shape index (κ1) is 11.4. The maximum absolute atomic E-state index is 3.61. The van der Waals surface area contributed by atoms with Crippen LogP contribution < -0.4 is 5.32 Å². The normalized spacial score (nSPS) is 42.4. The fourth-order valence-corrected chi connectivity index (χ4v) is 4.23. The summed E-state index contributed by atoms with van der Waals surface area (Å²) in [5, 5.41) is 3.61. The Morgan fingerprint density at radius 3 is 2.67 bits per heavy atom. The minimum Gasteiger partial charge on any atom is -0.316 e. The summed E-state index contributed by atoms with van der Waals surface area (Å²) >= 11 is 0. The van der Waals surface area contributed by atoms with Crippen LogP contribution in [0.15, 0.2) is 0 Å². The van der Waals surface area contributed by atoms with E-state index in [1.165, 1.54) is 45.2 Å². The highest BCUT2D eigenvalue weighted by Gasteiger charge is 2.46. The summed E-state index contributed by atoms with van der Waals surface area (Å²) in [6.45, 7) is 9.87. The molecule has 1 heterocycles. The average molecular weight is 209 g/mol. The molecule has 1 nitrogen and oxygen atoms in total. The van der Waals surface area contributed by atoms with Crippen LogP contribution in [-0.4, -0.2) is 13.1 Å². The molecule has 0 aromatic heterocycles. The third-order valence-electron chi connectivity index (χ3n) is 5.19. The molecule has 3 atom stereocenters. The highest BCUT2D eigenvalue weighted by Crippen LogP contribution is 2.52. The van der Waals surface area contributed by atoms with Gasteiger partial charge in [0.25, 0.3) is 0 Å². The molecular weight excluding hydrogens is 182 g/mol. The molecule has 3 unspecified atom stereocenters. The molecule has 1 heteroatoms. The first-order valence-corrected chi connectivity index (χ1v) is 6.87. The molecule has 1 aliphatic heterocycles. The summed E-state index contributed by atoms with van der Waals surface area (Å²) in [4.78, 5) is 0. The van der Waals surface area contributed by atoms with Crippen molar-refractivity contribution >= 4 is 0 Å². The molecule has 0 radical (unpaired) electrons. The van der Waals surface area contributed by atoms with E-state index < -0.39 is 0 Å². The fourth-order valence-electron chi connectivity index (χ4n) is 4.23. The molecule has 2 rings (SSSR count). The zero-order valence-electron chi connectivity index (χ0n) is 10.7. The van der Waals surface area contributed by atoms with Gasteiger partial charge in [-0.25, -0.2) is 0 Å². The van der Waals surface area contributed by atoms with Crippen molar-refractivity contribution in [3.05, 3.63) is 0 Å². The Kier molecular flexibility index (Phi) is 3.39. The van der Waals surface area contributed by atoms with Gasteiger partial charge in [-0.05, 0) is 49.1 Å². The lowest BCUT2D eigenvalue weighted by molar-refractivity contribution is -0.0171. The van der Waals surface area contributed by atoms with Crippen LogP contribution in [0.2, 0.25) is 0 Å². The van der Waals surface area contributed by atoms with Crippen LogP contribution in [0.3, 0.4) is 0 Å². The smallest absolute Gasteiger partial charge is 0.00126 e. The summed E-state index contributed by atoms with van der Waals surface area (Å²) < 4.78 is 0. The minimum atomic E-state index is 0.692. The second-order valence-corrected chi connectivity index (χ2v) is 6.18. The molecule has 0 aromatic rings. The Bertz CT molecular complexity index is 205. The molecule has 88 valence electrons. The molecule has 1 spiro atoms. The first-order valence-electron chi connectivity index (χ1n) is 6.87. The van der Waals surface area contributed by atoms with E-state index in [9.17, 15) is 0 Å². The molecule has 15 heavy (non-hydrogen) atoms. The molecule has 2 fully saturated rings. The number of hydrogen-bond acceptors (Lipinski definition) is 1. The lowest BCUT2D eigenvalue weighted by atomic mass is 9.55. The topological polar surface area (TPSA) is 12.0 Å². The maximum atomic E-state index is 3.61. The predicted octanol–water partition coefficient (Wildman–Crippen LogP) is 3.45. The van der Waals surface area contributed by atoms with Gasteiger partial charge in [0.15, 0.2) is 0 Å². The van der Waals surface area contributed by atoms with Crippen molar-refractivity contribution in [2.45, 2.75) is 52.9 Å². The third kappa shape index (κ3) is 1.95. The minimum absolute atomic E-state index is 0.692. The van der Waals surface area contributed by atoms with Crippen LogP contribution in [0.5, 0.6) is 0 Å². The average Bonchev–Trinajstić information content (AvgIpc) is 2.23. The summed E-state index contributed by atoms with van der Waals surface area (Å²) in [5.41, 5.74) is 0.692. The first-order chi connectivity index (χ1) is 7.17. The van der Waals surface area contributed by atoms with Gasteiger partial charge in [0.1, 0.15) is 0 Å². The monoisotopic (exact) mass is 209 g/mol. The van der Waals surface area contributed by atoms with E-state index in [2.05, 4.69) is 26.1 Å². The molecule has 1 saturated carbocycles. The van der Waals surface area contributed by atoms with Gasteiger partial charge in [0, 0.05) is 0 Å². The van der Waals surface area contributed by atoms with E-state index in [1.807, 2.05) is 0 Å². The van der Waals surface area contributed by atoms with E-state index in [0.29, 0.717) is 5.41 Å². The second-order valence-electron chi connectivity index (χ2n) is 6.18. The predicted molar refractivity (Wildman–Crippen MR) is 65.9 cm³/mol. The highest BCUT2D eigenvalue weighted by atomic mass is 14.9. The summed E-state index contributed by atoms with van der Waals surface area (Å²) in [6, 6.07) is 0. The number of piperidine rings is 1. The van der Waals surface area contributed by atoms with E-state index in [-0.39, 0.29) is 0 Å². The largest absolute Gasteiger partial charge is 0.316 e. The third-order valence-corrected chi connectivity index (χ3v) is 5.19. The van der Waals surface area contributed by atoms with Gasteiger partial charge < -0.3 is 5.32 Å². The van der Waals surface area contributed by atoms with Crippen molar-refractivity contribution in [3.63, 3.8) is 0 Å². The molecule has 0 amide bonds. The molecule has 0 aromatic carbocycles. The van der Waals surface area contributed by atoms with Crippen LogP contribution in [0.4, 0.5) is 0 Å². The second kappa shape index (κ2) is 4.45. The Morgan fingerprint density at radius 1 is 1.20 bits per heavy atom. The van der Waals surface area contributed by atoms with Crippen molar-refractivity contribution in [2.24, 2.45) is 23.2 Å². The van der Waals surface area contributed by atoms with Crippen molar-refractivity contribution in [1.29, 1.82) is 0 Å². The van der Waals surface area contributed by atoms with Crippen LogP contribution in [0.1, 0.15) is 52.9 Å². The molecule has 0 bridgehead atoms. The zero-order chi connectivity index (χ0) is 10.9. The van der Waals surface area contributed by atoms with Gasteiger partial charge >= 0.3 is 0 Å². The quantitative estimate of drug-likeness (QED) is 0.697. The van der Waals surface area contributed by atoms with Gasteiger partial charge in [-0.1, -0.05) is 40.0 Å². The highest BCUT2D eigenvalue weighted by molar-refractivity contribution is 4.97. The van der Waals surface area contributed by atoms with Crippen LogP contribution in [0.25, 0.3) is 0 Å². The van der Waals surface area contributed by atoms with Crippen LogP contribution in [-0.2, 0) is 0 Å². The van der Waals surface area contributed by atoms with E-state index >= 15 is 0 Å². The summed E-state index contributed by atoms with van der Waals surface area (Å²) in [6.07, 6.45) is 7.35. The maximum Gasteiger partial charge on any atom is -0.00126 e. The molecule has 2 aliphatic rings. The molecule has 1 aliphatic carbocycles. The SMILES string of the molecule is CC(C)C1CNCCC12CCCCC2C. The molecule has 1 saturated heterocycles. The number of rotatable bonds is 1. The van der Waals surface area contributed by atoms with Gasteiger partial charge in [-0.15, -0.1) is 0 Å². The van der Waals surface area contributed by atoms with E-state index in [1.54, 1.807) is 0 Å². The zero-order valence-corrected chi connectivity index (χ0v) is 10.7. The van der Waals surface area contributed by atoms with Crippen LogP contribution in [0, 0.1) is 23.2 Å². The Morgan fingerprint density at radius 2 is 2.00 bits per heavy atom. The van der Waals surface area contributed by atoms with Gasteiger partial charge in [0.2, 0.25) is 0 Å². The Labute approximate surface area is 95.0 Å². The van der Waals surface area contributed by atoms with Crippen molar-refractivity contribution in [1.82, 2.24) is 5.32 Å². The van der Waals surface area contributed by atoms with Crippen LogP contribution >= 0.6 is 0 Å². The Balaban J connectivity index is 2.19.